The minimum Gasteiger partial charge on any atom is -0.494 e. The molecule has 148 valence electrons. The quantitative estimate of drug-likeness (QED) is 0.527. The van der Waals surface area contributed by atoms with Gasteiger partial charge in [-0.25, -0.2) is 9.97 Å². The number of benzene rings is 1. The van der Waals surface area contributed by atoms with Crippen molar-refractivity contribution in [2.75, 3.05) is 12.4 Å². The molecule has 2 aromatic heterocycles. The molecule has 6 nitrogen and oxygen atoms in total. The van der Waals surface area contributed by atoms with Crippen LogP contribution in [-0.4, -0.2) is 28.1 Å². The van der Waals surface area contributed by atoms with Crippen molar-refractivity contribution >= 4 is 23.3 Å². The van der Waals surface area contributed by atoms with Gasteiger partial charge in [0.1, 0.15) is 17.0 Å². The smallest absolute Gasteiger partial charge is 0.450 e. The summed E-state index contributed by atoms with van der Waals surface area (Å²) in [6.07, 6.45) is -9.48. The molecule has 12 heteroatoms. The molecule has 0 radical (unpaired) electrons. The molecule has 3 aromatic rings. The zero-order chi connectivity index (χ0) is 20.7. The van der Waals surface area contributed by atoms with Crippen LogP contribution in [-0.2, 0) is 17.1 Å². The number of anilines is 1. The van der Waals surface area contributed by atoms with Gasteiger partial charge < -0.3 is 10.1 Å². The van der Waals surface area contributed by atoms with Crippen LogP contribution >= 0.6 is 0 Å². The summed E-state index contributed by atoms with van der Waals surface area (Å²) in [7, 11) is 1.21. The predicted molar refractivity (Wildman–Crippen MR) is 85.1 cm³/mol. The van der Waals surface area contributed by atoms with Crippen molar-refractivity contribution < 1.29 is 35.9 Å². The van der Waals surface area contributed by atoms with Gasteiger partial charge in [-0.15, -0.1) is 0 Å². The Balaban J connectivity index is 2.32. The van der Waals surface area contributed by atoms with Crippen LogP contribution in [0.5, 0.6) is 5.75 Å². The highest BCUT2D eigenvalue weighted by Gasteiger charge is 2.40. The maximum absolute atomic E-state index is 13.5. The molecule has 3 rings (SSSR count). The van der Waals surface area contributed by atoms with Crippen molar-refractivity contribution in [1.82, 2.24) is 14.5 Å². The third kappa shape index (κ3) is 3.44. The summed E-state index contributed by atoms with van der Waals surface area (Å²) in [6, 6.07) is 4.88. The number of ether oxygens (including phenoxy) is 1. The topological polar surface area (TPSA) is 69.0 Å². The second-order valence-electron chi connectivity index (χ2n) is 5.45. The largest absolute Gasteiger partial charge is 0.494 e. The summed E-state index contributed by atoms with van der Waals surface area (Å²) >= 11 is 0. The fourth-order valence-corrected chi connectivity index (χ4v) is 2.55. The molecule has 0 aliphatic heterocycles. The van der Waals surface area contributed by atoms with E-state index in [4.69, 9.17) is 4.74 Å². The first-order chi connectivity index (χ1) is 13.1. The van der Waals surface area contributed by atoms with Crippen LogP contribution in [0.2, 0.25) is 0 Å². The molecule has 1 aromatic carbocycles. The van der Waals surface area contributed by atoms with E-state index in [0.29, 0.717) is 17.0 Å². The number of pyridine rings is 1. The standard InChI is InChI=1S/C16H10F6N4O2/c1-28-11-6-8(2-3-9(11)23-7-27)26-13-10(24-14(26)16(20,21)22)4-5-12(25-13)15(17,18)19/h2-7H,1H3,(H,23,27). The number of nitrogens with zero attached hydrogens (tertiary/aromatic N) is 3. The lowest BCUT2D eigenvalue weighted by Gasteiger charge is -2.14. The number of alkyl halides is 6. The molecular weight excluding hydrogens is 394 g/mol. The number of carbonyl (C=O) groups is 1. The molecule has 1 amide bonds. The van der Waals surface area contributed by atoms with Crippen LogP contribution in [0.3, 0.4) is 0 Å². The minimum atomic E-state index is -4.97. The first-order valence-electron chi connectivity index (χ1n) is 7.48. The average Bonchev–Trinajstić information content (AvgIpc) is 3.00. The van der Waals surface area contributed by atoms with Gasteiger partial charge in [0.15, 0.2) is 5.65 Å². The lowest BCUT2D eigenvalue weighted by Crippen LogP contribution is -2.15. The molecule has 0 atom stereocenters. The number of hydrogen-bond donors (Lipinski definition) is 1. The summed E-state index contributed by atoms with van der Waals surface area (Å²) in [4.78, 5) is 17.3. The summed E-state index contributed by atoms with van der Waals surface area (Å²) in [5.74, 6) is -1.46. The lowest BCUT2D eigenvalue weighted by atomic mass is 10.2. The molecule has 0 unspecified atom stereocenters. The second kappa shape index (κ2) is 6.69. The van der Waals surface area contributed by atoms with Gasteiger partial charge >= 0.3 is 12.4 Å². The monoisotopic (exact) mass is 404 g/mol. The van der Waals surface area contributed by atoms with Crippen LogP contribution in [0, 0.1) is 0 Å². The second-order valence-corrected chi connectivity index (χ2v) is 5.45. The lowest BCUT2D eigenvalue weighted by molar-refractivity contribution is -0.145. The maximum atomic E-state index is 13.5. The molecule has 0 spiro atoms. The van der Waals surface area contributed by atoms with E-state index in [1.165, 1.54) is 13.2 Å². The van der Waals surface area contributed by atoms with Crippen LogP contribution in [0.4, 0.5) is 32.0 Å². The molecular formula is C16H10F6N4O2. The molecule has 0 saturated carbocycles. The van der Waals surface area contributed by atoms with Crippen molar-refractivity contribution in [2.24, 2.45) is 0 Å². The highest BCUT2D eigenvalue weighted by atomic mass is 19.4. The van der Waals surface area contributed by atoms with E-state index in [2.05, 4.69) is 15.3 Å². The van der Waals surface area contributed by atoms with E-state index in [1.807, 2.05) is 0 Å². The number of imidazole rings is 1. The van der Waals surface area contributed by atoms with Gasteiger partial charge in [0.05, 0.1) is 18.5 Å². The summed E-state index contributed by atoms with van der Waals surface area (Å²) in [6.45, 7) is 0. The first kappa shape index (κ1) is 19.5. The highest BCUT2D eigenvalue weighted by Crippen LogP contribution is 2.37. The normalized spacial score (nSPS) is 12.2. The summed E-state index contributed by atoms with van der Waals surface area (Å²) in [5.41, 5.74) is -2.39. The molecule has 0 aliphatic rings. The number of carbonyl (C=O) groups excluding carboxylic acids is 1. The Morgan fingerprint density at radius 3 is 2.32 bits per heavy atom. The molecule has 28 heavy (non-hydrogen) atoms. The van der Waals surface area contributed by atoms with Gasteiger partial charge in [-0.3, -0.25) is 9.36 Å². The van der Waals surface area contributed by atoms with Gasteiger partial charge in [0.25, 0.3) is 0 Å². The summed E-state index contributed by atoms with van der Waals surface area (Å²) in [5, 5.41) is 2.29. The number of fused-ring (bicyclic) bond motifs is 1. The number of methoxy groups -OCH3 is 1. The van der Waals surface area contributed by atoms with E-state index >= 15 is 0 Å². The number of rotatable bonds is 4. The number of aromatic nitrogens is 3. The Kier molecular flexibility index (Phi) is 4.65. The Labute approximate surface area is 152 Å². The Morgan fingerprint density at radius 2 is 1.75 bits per heavy atom. The van der Waals surface area contributed by atoms with Crippen molar-refractivity contribution in [3.05, 3.63) is 41.9 Å². The van der Waals surface area contributed by atoms with Crippen LogP contribution in [0.25, 0.3) is 16.9 Å². The molecule has 0 fully saturated rings. The van der Waals surface area contributed by atoms with Crippen LogP contribution in [0.15, 0.2) is 30.3 Å². The van der Waals surface area contributed by atoms with E-state index < -0.39 is 29.5 Å². The van der Waals surface area contributed by atoms with Crippen molar-refractivity contribution in [3.8, 4) is 11.4 Å². The fourth-order valence-electron chi connectivity index (χ4n) is 2.55. The van der Waals surface area contributed by atoms with E-state index in [1.54, 1.807) is 0 Å². The number of nitrogens with one attached hydrogen (secondary N) is 1. The molecule has 2 heterocycles. The van der Waals surface area contributed by atoms with Crippen molar-refractivity contribution in [3.63, 3.8) is 0 Å². The van der Waals surface area contributed by atoms with Gasteiger partial charge in [-0.1, -0.05) is 0 Å². The van der Waals surface area contributed by atoms with E-state index in [-0.39, 0.29) is 22.6 Å². The Bertz CT molecular complexity index is 1040. The van der Waals surface area contributed by atoms with Gasteiger partial charge in [0.2, 0.25) is 12.2 Å². The maximum Gasteiger partial charge on any atom is 0.450 e. The Hall–Kier alpha value is -3.31. The fraction of sp³-hybridized carbons (Fsp3) is 0.188. The molecule has 0 saturated heterocycles. The minimum absolute atomic E-state index is 0.00782. The van der Waals surface area contributed by atoms with Gasteiger partial charge in [-0.2, -0.15) is 26.3 Å². The van der Waals surface area contributed by atoms with E-state index in [0.717, 1.165) is 18.2 Å². The predicted octanol–water partition coefficient (Wildman–Crippen LogP) is 4.04. The Morgan fingerprint density at radius 1 is 1.04 bits per heavy atom. The zero-order valence-electron chi connectivity index (χ0n) is 13.9. The third-order valence-electron chi connectivity index (χ3n) is 3.71. The molecule has 0 bridgehead atoms. The number of amides is 1. The van der Waals surface area contributed by atoms with Crippen molar-refractivity contribution in [2.45, 2.75) is 12.4 Å². The zero-order valence-corrected chi connectivity index (χ0v) is 13.9. The van der Waals surface area contributed by atoms with Gasteiger partial charge in [-0.05, 0) is 24.3 Å². The van der Waals surface area contributed by atoms with Gasteiger partial charge in [0, 0.05) is 6.07 Å². The van der Waals surface area contributed by atoms with Crippen LogP contribution < -0.4 is 10.1 Å². The third-order valence-corrected chi connectivity index (χ3v) is 3.71. The number of hydrogen-bond acceptors (Lipinski definition) is 4. The highest BCUT2D eigenvalue weighted by molar-refractivity contribution is 5.78. The SMILES string of the molecule is COc1cc(-n2c(C(F)(F)F)nc3ccc(C(F)(F)F)nc32)ccc1NC=O. The number of halogens is 6. The van der Waals surface area contributed by atoms with E-state index in [9.17, 15) is 31.1 Å². The van der Waals surface area contributed by atoms with Crippen molar-refractivity contribution in [1.29, 1.82) is 0 Å². The summed E-state index contributed by atoms with van der Waals surface area (Å²) < 4.78 is 84.8. The average molecular weight is 404 g/mol. The first-order valence-corrected chi connectivity index (χ1v) is 7.48. The van der Waals surface area contributed by atoms with Crippen LogP contribution in [0.1, 0.15) is 11.5 Å². The molecule has 1 N–H and O–H groups in total. The molecule has 0 aliphatic carbocycles.